The molecule has 2 rings (SSSR count). The number of benzene rings is 1. The molecular weight excluding hydrogens is 358 g/mol. The number of carbonyl (C=O) groups is 3. The van der Waals surface area contributed by atoms with E-state index in [0.29, 0.717) is 11.5 Å². The zero-order valence-corrected chi connectivity index (χ0v) is 16.2. The summed E-state index contributed by atoms with van der Waals surface area (Å²) in [5, 5.41) is 14.1. The first-order valence-corrected chi connectivity index (χ1v) is 9.35. The lowest BCUT2D eigenvalue weighted by atomic mass is 9.86. The molecule has 7 nitrogen and oxygen atoms in total. The van der Waals surface area contributed by atoms with E-state index < -0.39 is 24.5 Å². The smallest absolute Gasteiger partial charge is 0.349 e. The van der Waals surface area contributed by atoms with Gasteiger partial charge in [0, 0.05) is 6.04 Å². The third kappa shape index (κ3) is 6.54. The van der Waals surface area contributed by atoms with Crippen LogP contribution in [0, 0.1) is 24.2 Å². The maximum absolute atomic E-state index is 12.0. The molecule has 1 aromatic rings. The number of nitriles is 1. The summed E-state index contributed by atoms with van der Waals surface area (Å²) in [4.78, 5) is 35.8. The Bertz CT molecular complexity index is 793. The maximum Gasteiger partial charge on any atom is 0.349 e. The Morgan fingerprint density at radius 2 is 1.89 bits per heavy atom. The van der Waals surface area contributed by atoms with E-state index in [2.05, 4.69) is 17.6 Å². The number of esters is 1. The van der Waals surface area contributed by atoms with Crippen molar-refractivity contribution in [2.75, 3.05) is 6.61 Å². The molecule has 0 bridgehead atoms. The van der Waals surface area contributed by atoms with E-state index in [9.17, 15) is 14.4 Å². The highest BCUT2D eigenvalue weighted by Gasteiger charge is 2.23. The van der Waals surface area contributed by atoms with Gasteiger partial charge in [-0.2, -0.15) is 5.26 Å². The van der Waals surface area contributed by atoms with Crippen molar-refractivity contribution in [2.24, 2.45) is 5.92 Å². The molecule has 1 aliphatic carbocycles. The van der Waals surface area contributed by atoms with Gasteiger partial charge in [0.1, 0.15) is 11.6 Å². The van der Waals surface area contributed by atoms with Crippen molar-refractivity contribution < 1.29 is 19.1 Å². The summed E-state index contributed by atoms with van der Waals surface area (Å²) in [5.41, 5.74) is 1.50. The number of urea groups is 1. The molecule has 0 radical (unpaired) electrons. The number of rotatable bonds is 5. The highest BCUT2D eigenvalue weighted by molar-refractivity contribution is 6.00. The second kappa shape index (κ2) is 10.3. The van der Waals surface area contributed by atoms with E-state index in [1.165, 1.54) is 6.08 Å². The van der Waals surface area contributed by atoms with Crippen LogP contribution in [0.3, 0.4) is 0 Å². The lowest BCUT2D eigenvalue weighted by Gasteiger charge is -2.29. The number of nitrogens with one attached hydrogen (secondary N) is 2. The largest absolute Gasteiger partial charge is 0.451 e. The van der Waals surface area contributed by atoms with Crippen LogP contribution in [0.4, 0.5) is 4.79 Å². The minimum absolute atomic E-state index is 0.0340. The molecule has 28 heavy (non-hydrogen) atoms. The van der Waals surface area contributed by atoms with Crippen molar-refractivity contribution in [1.29, 1.82) is 5.26 Å². The summed E-state index contributed by atoms with van der Waals surface area (Å²) >= 11 is 0. The van der Waals surface area contributed by atoms with Crippen molar-refractivity contribution in [2.45, 2.75) is 45.6 Å². The first-order valence-electron chi connectivity index (χ1n) is 9.35. The van der Waals surface area contributed by atoms with Crippen LogP contribution < -0.4 is 10.6 Å². The molecule has 2 atom stereocenters. The fraction of sp³-hybridized carbons (Fsp3) is 0.429. The van der Waals surface area contributed by atoms with E-state index in [1.807, 2.05) is 19.1 Å². The number of amides is 3. The average Bonchev–Trinajstić information content (AvgIpc) is 2.67. The SMILES string of the molecule is Cc1ccc(/C=C(\C#N)C(=O)OCC(=O)NC(=O)N[C@@H]2CCCC[C@@H]2C)cc1. The number of carbonyl (C=O) groups excluding carboxylic acids is 3. The summed E-state index contributed by atoms with van der Waals surface area (Å²) in [7, 11) is 0. The van der Waals surface area contributed by atoms with Crippen LogP contribution in [0.25, 0.3) is 6.08 Å². The molecule has 3 amide bonds. The molecule has 2 N–H and O–H groups in total. The Morgan fingerprint density at radius 3 is 2.54 bits per heavy atom. The average molecular weight is 383 g/mol. The first kappa shape index (κ1) is 21.2. The topological polar surface area (TPSA) is 108 Å². The number of hydrogen-bond donors (Lipinski definition) is 2. The summed E-state index contributed by atoms with van der Waals surface area (Å²) < 4.78 is 4.84. The van der Waals surface area contributed by atoms with E-state index in [4.69, 9.17) is 10.00 Å². The molecule has 7 heteroatoms. The van der Waals surface area contributed by atoms with Gasteiger partial charge in [-0.3, -0.25) is 10.1 Å². The second-order valence-corrected chi connectivity index (χ2v) is 7.05. The number of aryl methyl sites for hydroxylation is 1. The van der Waals surface area contributed by atoms with E-state index in [0.717, 1.165) is 31.2 Å². The normalized spacial score (nSPS) is 19.2. The van der Waals surface area contributed by atoms with Crippen molar-refractivity contribution >= 4 is 24.0 Å². The summed E-state index contributed by atoms with van der Waals surface area (Å²) in [6.07, 6.45) is 5.50. The zero-order valence-electron chi connectivity index (χ0n) is 16.2. The first-order chi connectivity index (χ1) is 13.4. The van der Waals surface area contributed by atoms with Crippen LogP contribution in [0.15, 0.2) is 29.8 Å². The summed E-state index contributed by atoms with van der Waals surface area (Å²) in [6.45, 7) is 3.35. The van der Waals surface area contributed by atoms with Gasteiger partial charge in [-0.15, -0.1) is 0 Å². The number of ether oxygens (including phenoxy) is 1. The molecule has 0 spiro atoms. The van der Waals surface area contributed by atoms with Crippen molar-refractivity contribution in [3.8, 4) is 6.07 Å². The Morgan fingerprint density at radius 1 is 1.21 bits per heavy atom. The third-order valence-corrected chi connectivity index (χ3v) is 4.74. The molecule has 0 aromatic heterocycles. The predicted octanol–water partition coefficient (Wildman–Crippen LogP) is 2.85. The monoisotopic (exact) mass is 383 g/mol. The fourth-order valence-electron chi connectivity index (χ4n) is 3.07. The Hall–Kier alpha value is -3.14. The van der Waals surface area contributed by atoms with Crippen LogP contribution in [0.2, 0.25) is 0 Å². The van der Waals surface area contributed by atoms with Gasteiger partial charge in [0.05, 0.1) is 0 Å². The van der Waals surface area contributed by atoms with Gasteiger partial charge in [-0.25, -0.2) is 9.59 Å². The summed E-state index contributed by atoms with van der Waals surface area (Å²) in [6, 6.07) is 8.44. The lowest BCUT2D eigenvalue weighted by molar-refractivity contribution is -0.144. The molecular formula is C21H25N3O4. The van der Waals surface area contributed by atoms with Gasteiger partial charge >= 0.3 is 12.0 Å². The molecule has 0 heterocycles. The molecule has 1 fully saturated rings. The van der Waals surface area contributed by atoms with Crippen molar-refractivity contribution in [1.82, 2.24) is 10.6 Å². The summed E-state index contributed by atoms with van der Waals surface area (Å²) in [5.74, 6) is -1.31. The standard InChI is InChI=1S/C21H25N3O4/c1-14-7-9-16(10-8-14)11-17(12-22)20(26)28-13-19(25)24-21(27)23-18-6-4-3-5-15(18)2/h7-11,15,18H,3-6,13H2,1-2H3,(H2,23,24,25,27)/b17-11+/t15-,18+/m0/s1. The van der Waals surface area contributed by atoms with Crippen molar-refractivity contribution in [3.05, 3.63) is 41.0 Å². The second-order valence-electron chi connectivity index (χ2n) is 7.05. The Labute approximate surface area is 164 Å². The van der Waals surface area contributed by atoms with Crippen molar-refractivity contribution in [3.63, 3.8) is 0 Å². The molecule has 1 aliphatic rings. The molecule has 0 unspecified atom stereocenters. The number of hydrogen-bond acceptors (Lipinski definition) is 5. The highest BCUT2D eigenvalue weighted by atomic mass is 16.5. The van der Waals surface area contributed by atoms with Gasteiger partial charge in [-0.05, 0) is 37.3 Å². The van der Waals surface area contributed by atoms with E-state index in [-0.39, 0.29) is 11.6 Å². The minimum Gasteiger partial charge on any atom is -0.451 e. The molecule has 0 saturated heterocycles. The number of nitrogens with zero attached hydrogens (tertiary/aromatic N) is 1. The lowest BCUT2D eigenvalue weighted by Crippen LogP contribution is -2.48. The predicted molar refractivity (Wildman–Crippen MR) is 104 cm³/mol. The zero-order chi connectivity index (χ0) is 20.5. The highest BCUT2D eigenvalue weighted by Crippen LogP contribution is 2.23. The van der Waals surface area contributed by atoms with Crippen LogP contribution in [0.1, 0.15) is 43.7 Å². The van der Waals surface area contributed by atoms with Crippen LogP contribution >= 0.6 is 0 Å². The van der Waals surface area contributed by atoms with Crippen LogP contribution in [-0.4, -0.2) is 30.6 Å². The molecule has 1 aromatic carbocycles. The maximum atomic E-state index is 12.0. The third-order valence-electron chi connectivity index (χ3n) is 4.74. The van der Waals surface area contributed by atoms with Gasteiger partial charge in [0.2, 0.25) is 0 Å². The van der Waals surface area contributed by atoms with Gasteiger partial charge < -0.3 is 10.1 Å². The van der Waals surface area contributed by atoms with Gasteiger partial charge in [-0.1, -0.05) is 49.6 Å². The molecule has 148 valence electrons. The quantitative estimate of drug-likeness (QED) is 0.462. The fourth-order valence-corrected chi connectivity index (χ4v) is 3.07. The van der Waals surface area contributed by atoms with Gasteiger partial charge in [0.25, 0.3) is 5.91 Å². The Balaban J connectivity index is 1.82. The molecule has 0 aliphatic heterocycles. The van der Waals surface area contributed by atoms with E-state index >= 15 is 0 Å². The molecule has 1 saturated carbocycles. The van der Waals surface area contributed by atoms with Gasteiger partial charge in [0.15, 0.2) is 6.61 Å². The minimum atomic E-state index is -0.917. The number of imide groups is 1. The van der Waals surface area contributed by atoms with E-state index in [1.54, 1.807) is 18.2 Å². The Kier molecular flexibility index (Phi) is 7.76. The van der Waals surface area contributed by atoms with Crippen LogP contribution in [0.5, 0.6) is 0 Å². The van der Waals surface area contributed by atoms with Crippen LogP contribution in [-0.2, 0) is 14.3 Å².